The van der Waals surface area contributed by atoms with Crippen LogP contribution in [-0.2, 0) is 19.1 Å². The first-order chi connectivity index (χ1) is 11.8. The summed E-state index contributed by atoms with van der Waals surface area (Å²) in [5.41, 5.74) is -0.00691. The van der Waals surface area contributed by atoms with Gasteiger partial charge in [-0.3, -0.25) is 4.79 Å². The van der Waals surface area contributed by atoms with Crippen LogP contribution in [0.5, 0.6) is 0 Å². The van der Waals surface area contributed by atoms with E-state index in [0.717, 1.165) is 5.56 Å². The van der Waals surface area contributed by atoms with Crippen molar-refractivity contribution in [3.05, 3.63) is 47.2 Å². The molecule has 0 bridgehead atoms. The molecule has 1 aromatic rings. The summed E-state index contributed by atoms with van der Waals surface area (Å²) in [6.07, 6.45) is 0. The van der Waals surface area contributed by atoms with Gasteiger partial charge < -0.3 is 19.9 Å². The van der Waals surface area contributed by atoms with Gasteiger partial charge in [-0.25, -0.2) is 4.79 Å². The Hall–Kier alpha value is -2.34. The number of aliphatic hydroxyl groups is 1. The first kappa shape index (κ1) is 19.0. The van der Waals surface area contributed by atoms with Gasteiger partial charge in [-0.05, 0) is 33.3 Å². The van der Waals surface area contributed by atoms with E-state index in [2.05, 4.69) is 5.32 Å². The molecule has 0 aliphatic carbocycles. The number of rotatable bonds is 5. The van der Waals surface area contributed by atoms with E-state index >= 15 is 0 Å². The number of esters is 2. The first-order valence-electron chi connectivity index (χ1n) is 8.43. The fourth-order valence-electron chi connectivity index (χ4n) is 3.36. The summed E-state index contributed by atoms with van der Waals surface area (Å²) in [5, 5.41) is 13.7. The van der Waals surface area contributed by atoms with Crippen molar-refractivity contribution in [1.29, 1.82) is 0 Å². The van der Waals surface area contributed by atoms with Gasteiger partial charge in [-0.15, -0.1) is 0 Å². The first-order valence-corrected chi connectivity index (χ1v) is 8.43. The predicted octanol–water partition coefficient (Wildman–Crippen LogP) is 2.10. The molecule has 2 rings (SSSR count). The second kappa shape index (κ2) is 7.70. The molecule has 1 aliphatic rings. The fourth-order valence-corrected chi connectivity index (χ4v) is 3.36. The maximum Gasteiger partial charge on any atom is 0.336 e. The molecule has 0 saturated carbocycles. The molecule has 0 aromatic heterocycles. The van der Waals surface area contributed by atoms with Crippen LogP contribution < -0.4 is 5.32 Å². The van der Waals surface area contributed by atoms with Gasteiger partial charge in [0.05, 0.1) is 18.8 Å². The van der Waals surface area contributed by atoms with Gasteiger partial charge in [0.15, 0.2) is 0 Å². The van der Waals surface area contributed by atoms with Crippen LogP contribution in [0.15, 0.2) is 41.6 Å². The molecule has 25 heavy (non-hydrogen) atoms. The number of hydrogen-bond donors (Lipinski definition) is 2. The molecule has 0 saturated heterocycles. The van der Waals surface area contributed by atoms with Crippen LogP contribution in [0.4, 0.5) is 0 Å². The van der Waals surface area contributed by atoms with E-state index < -0.39 is 29.5 Å². The third-order valence-electron chi connectivity index (χ3n) is 4.29. The molecule has 0 radical (unpaired) electrons. The topological polar surface area (TPSA) is 84.9 Å². The lowest BCUT2D eigenvalue weighted by Crippen LogP contribution is -2.57. The molecule has 6 heteroatoms. The van der Waals surface area contributed by atoms with Gasteiger partial charge in [0.2, 0.25) is 0 Å². The number of ether oxygens (including phenoxy) is 2. The summed E-state index contributed by atoms with van der Waals surface area (Å²) >= 11 is 0. The fraction of sp³-hybridized carbons (Fsp3) is 0.474. The number of hydrogen-bond acceptors (Lipinski definition) is 6. The monoisotopic (exact) mass is 347 g/mol. The zero-order valence-electron chi connectivity index (χ0n) is 15.0. The van der Waals surface area contributed by atoms with Crippen LogP contribution in [0.2, 0.25) is 0 Å². The summed E-state index contributed by atoms with van der Waals surface area (Å²) in [4.78, 5) is 25.2. The van der Waals surface area contributed by atoms with Gasteiger partial charge in [0.1, 0.15) is 11.6 Å². The molecule has 0 amide bonds. The van der Waals surface area contributed by atoms with E-state index in [1.807, 2.05) is 30.3 Å². The SMILES string of the molecule is CCOC(=O)C1=C(C)NC(C)(O)C(C(=O)OCC)C1c1ccccc1. The van der Waals surface area contributed by atoms with Crippen LogP contribution in [0, 0.1) is 5.92 Å². The van der Waals surface area contributed by atoms with Crippen molar-refractivity contribution in [2.75, 3.05) is 13.2 Å². The van der Waals surface area contributed by atoms with Gasteiger partial charge in [-0.2, -0.15) is 0 Å². The van der Waals surface area contributed by atoms with Crippen LogP contribution in [0.3, 0.4) is 0 Å². The Kier molecular flexibility index (Phi) is 5.85. The van der Waals surface area contributed by atoms with E-state index in [4.69, 9.17) is 9.47 Å². The Labute approximate surface area is 147 Å². The van der Waals surface area contributed by atoms with Gasteiger partial charge in [0, 0.05) is 11.6 Å². The van der Waals surface area contributed by atoms with Gasteiger partial charge >= 0.3 is 11.9 Å². The van der Waals surface area contributed by atoms with Crippen molar-refractivity contribution in [2.24, 2.45) is 5.92 Å². The van der Waals surface area contributed by atoms with Crippen LogP contribution in [-0.4, -0.2) is 36.0 Å². The highest BCUT2D eigenvalue weighted by Gasteiger charge is 2.51. The second-order valence-electron chi connectivity index (χ2n) is 6.15. The highest BCUT2D eigenvalue weighted by Crippen LogP contribution is 2.43. The number of carbonyl (C=O) groups is 2. The molecule has 136 valence electrons. The minimum Gasteiger partial charge on any atom is -0.466 e. The third-order valence-corrected chi connectivity index (χ3v) is 4.29. The zero-order chi connectivity index (χ0) is 18.6. The Balaban J connectivity index is 2.63. The lowest BCUT2D eigenvalue weighted by molar-refractivity contribution is -0.162. The Morgan fingerprint density at radius 2 is 1.76 bits per heavy atom. The Morgan fingerprint density at radius 3 is 2.32 bits per heavy atom. The highest BCUT2D eigenvalue weighted by molar-refractivity contribution is 5.93. The molecule has 6 nitrogen and oxygen atoms in total. The largest absolute Gasteiger partial charge is 0.466 e. The minimum atomic E-state index is -1.56. The second-order valence-corrected chi connectivity index (χ2v) is 6.15. The standard InChI is InChI=1S/C19H25NO5/c1-5-24-17(21)14-12(3)20-19(4,23)16(18(22)25-6-2)15(14)13-10-8-7-9-11-13/h7-11,15-16,20,23H,5-6H2,1-4H3. The normalized spacial score (nSPS) is 26.0. The average Bonchev–Trinajstić information content (AvgIpc) is 2.54. The van der Waals surface area contributed by atoms with Gasteiger partial charge in [-0.1, -0.05) is 30.3 Å². The lowest BCUT2D eigenvalue weighted by atomic mass is 9.72. The Morgan fingerprint density at radius 1 is 1.16 bits per heavy atom. The molecule has 2 N–H and O–H groups in total. The summed E-state index contributed by atoms with van der Waals surface area (Å²) in [6.45, 7) is 7.03. The van der Waals surface area contributed by atoms with Crippen LogP contribution in [0.25, 0.3) is 0 Å². The summed E-state index contributed by atoms with van der Waals surface area (Å²) in [7, 11) is 0. The van der Waals surface area contributed by atoms with E-state index in [1.54, 1.807) is 20.8 Å². The maximum absolute atomic E-state index is 12.6. The lowest BCUT2D eigenvalue weighted by Gasteiger charge is -2.43. The molecule has 1 heterocycles. The minimum absolute atomic E-state index is 0.185. The number of nitrogens with one attached hydrogen (secondary N) is 1. The van der Waals surface area contributed by atoms with Crippen molar-refractivity contribution < 1.29 is 24.2 Å². The van der Waals surface area contributed by atoms with Crippen LogP contribution in [0.1, 0.15) is 39.2 Å². The van der Waals surface area contributed by atoms with Crippen LogP contribution >= 0.6 is 0 Å². The number of allylic oxidation sites excluding steroid dienone is 1. The molecular formula is C19H25NO5. The highest BCUT2D eigenvalue weighted by atomic mass is 16.5. The predicted molar refractivity (Wildman–Crippen MR) is 92.4 cm³/mol. The smallest absolute Gasteiger partial charge is 0.336 e. The summed E-state index contributed by atoms with van der Waals surface area (Å²) in [6, 6.07) is 9.15. The third kappa shape index (κ3) is 3.85. The number of benzene rings is 1. The number of carbonyl (C=O) groups excluding carboxylic acids is 2. The van der Waals surface area contributed by atoms with Crippen molar-refractivity contribution >= 4 is 11.9 Å². The molecule has 1 aliphatic heterocycles. The van der Waals surface area contributed by atoms with Crippen molar-refractivity contribution in [1.82, 2.24) is 5.32 Å². The molecule has 1 aromatic carbocycles. The molecule has 0 spiro atoms. The molecular weight excluding hydrogens is 322 g/mol. The Bertz CT molecular complexity index is 666. The zero-order valence-corrected chi connectivity index (χ0v) is 15.0. The average molecular weight is 347 g/mol. The summed E-state index contributed by atoms with van der Waals surface area (Å²) in [5.74, 6) is -2.73. The van der Waals surface area contributed by atoms with E-state index in [9.17, 15) is 14.7 Å². The van der Waals surface area contributed by atoms with E-state index in [1.165, 1.54) is 6.92 Å². The van der Waals surface area contributed by atoms with Crippen molar-refractivity contribution in [3.8, 4) is 0 Å². The molecule has 3 unspecified atom stereocenters. The quantitative estimate of drug-likeness (QED) is 0.794. The summed E-state index contributed by atoms with van der Waals surface area (Å²) < 4.78 is 10.4. The molecule has 0 fully saturated rings. The van der Waals surface area contributed by atoms with Crippen molar-refractivity contribution in [2.45, 2.75) is 39.3 Å². The maximum atomic E-state index is 12.6. The molecule has 3 atom stereocenters. The van der Waals surface area contributed by atoms with E-state index in [0.29, 0.717) is 11.3 Å². The van der Waals surface area contributed by atoms with Crippen molar-refractivity contribution in [3.63, 3.8) is 0 Å². The van der Waals surface area contributed by atoms with E-state index in [-0.39, 0.29) is 13.2 Å². The van der Waals surface area contributed by atoms with Gasteiger partial charge in [0.25, 0.3) is 0 Å².